The molecule has 1 aliphatic carbocycles. The van der Waals surface area contributed by atoms with Crippen molar-refractivity contribution in [2.75, 3.05) is 0 Å². The second kappa shape index (κ2) is 14.0. The molecule has 3 heteroatoms. The summed E-state index contributed by atoms with van der Waals surface area (Å²) in [6.45, 7) is 0. The molecule has 6 aromatic carbocycles. The molecule has 10 rings (SSSR count). The van der Waals surface area contributed by atoms with E-state index in [-0.39, 0.29) is 0 Å². The molecule has 0 bridgehead atoms. The van der Waals surface area contributed by atoms with Crippen molar-refractivity contribution in [3.8, 4) is 61.6 Å². The molecule has 0 saturated carbocycles. The highest BCUT2D eigenvalue weighted by Gasteiger charge is 2.29. The number of nitrogens with zero attached hydrogens (tertiary/aromatic N) is 3. The zero-order valence-corrected chi connectivity index (χ0v) is 30.3. The van der Waals surface area contributed by atoms with Crippen LogP contribution in [0.3, 0.4) is 0 Å². The van der Waals surface area contributed by atoms with Crippen LogP contribution in [0, 0.1) is 0 Å². The van der Waals surface area contributed by atoms with E-state index in [9.17, 15) is 0 Å². The highest BCUT2D eigenvalue weighted by molar-refractivity contribution is 6.25. The van der Waals surface area contributed by atoms with Crippen molar-refractivity contribution in [2.24, 2.45) is 0 Å². The van der Waals surface area contributed by atoms with E-state index in [1.54, 1.807) is 0 Å². The molecule has 260 valence electrons. The Balaban J connectivity index is 1.43. The van der Waals surface area contributed by atoms with E-state index in [4.69, 9.17) is 4.98 Å². The van der Waals surface area contributed by atoms with Crippen LogP contribution in [0.25, 0.3) is 89.0 Å². The third kappa shape index (κ3) is 5.78. The lowest BCUT2D eigenvalue weighted by Crippen LogP contribution is -2.03. The summed E-state index contributed by atoms with van der Waals surface area (Å²) < 4.78 is 2.50. The standard InChI is InChI=1S/C52H37N3/c1-6-17-37(18-7-1)47-48(38-19-8-2-9-20-38)50(40-23-12-4-13-24-40)52-51(49(47)39-21-10-3-11-22-39)43-35-41(29-30-46(43)55(52)42-25-14-5-15-26-42)45-28-16-27-44(54-45)36-31-33-53-34-32-36/h1-6,8-17,19-35H,7,18H2. The summed E-state index contributed by atoms with van der Waals surface area (Å²) in [5.41, 5.74) is 17.4. The van der Waals surface area contributed by atoms with Crippen molar-refractivity contribution >= 4 is 27.4 Å². The van der Waals surface area contributed by atoms with Gasteiger partial charge in [-0.05, 0) is 100 Å². The average molecular weight is 704 g/mol. The van der Waals surface area contributed by atoms with Gasteiger partial charge in [-0.2, -0.15) is 0 Å². The van der Waals surface area contributed by atoms with Gasteiger partial charge in [0.25, 0.3) is 0 Å². The second-order valence-electron chi connectivity index (χ2n) is 14.0. The third-order valence-corrected chi connectivity index (χ3v) is 10.8. The second-order valence-corrected chi connectivity index (χ2v) is 14.0. The summed E-state index contributed by atoms with van der Waals surface area (Å²) in [5.74, 6) is 0. The lowest BCUT2D eigenvalue weighted by Gasteiger charge is -2.26. The molecule has 0 saturated heterocycles. The molecule has 0 amide bonds. The Morgan fingerprint density at radius 3 is 1.71 bits per heavy atom. The van der Waals surface area contributed by atoms with Crippen molar-refractivity contribution < 1.29 is 0 Å². The summed E-state index contributed by atoms with van der Waals surface area (Å²) in [6.07, 6.45) is 12.5. The van der Waals surface area contributed by atoms with E-state index in [0.717, 1.165) is 46.6 Å². The SMILES string of the molecule is C1=CCCC(c2c(-c3ccccc3)c(-c3ccccc3)c3c(c2-c2ccccc2)c2cc(-c4cccc(-c5ccncc5)n4)ccc2n3-c2ccccc2)=C1. The first-order valence-electron chi connectivity index (χ1n) is 19.0. The average Bonchev–Trinajstić information content (AvgIpc) is 3.61. The highest BCUT2D eigenvalue weighted by atomic mass is 15.0. The fourth-order valence-corrected chi connectivity index (χ4v) is 8.36. The minimum absolute atomic E-state index is 0.926. The summed E-state index contributed by atoms with van der Waals surface area (Å²) in [6, 6.07) is 61.1. The van der Waals surface area contributed by atoms with Crippen LogP contribution in [0.1, 0.15) is 18.4 Å². The van der Waals surface area contributed by atoms with E-state index in [0.29, 0.717) is 0 Å². The number of hydrogen-bond acceptors (Lipinski definition) is 2. The van der Waals surface area contributed by atoms with Crippen LogP contribution in [-0.2, 0) is 0 Å². The maximum Gasteiger partial charge on any atom is 0.0710 e. The first-order chi connectivity index (χ1) is 27.3. The Morgan fingerprint density at radius 1 is 0.473 bits per heavy atom. The molecule has 0 unspecified atom stereocenters. The maximum atomic E-state index is 5.20. The van der Waals surface area contributed by atoms with Gasteiger partial charge in [0.15, 0.2) is 0 Å². The van der Waals surface area contributed by atoms with Crippen LogP contribution in [0.15, 0.2) is 200 Å². The molecule has 55 heavy (non-hydrogen) atoms. The van der Waals surface area contributed by atoms with Gasteiger partial charge >= 0.3 is 0 Å². The van der Waals surface area contributed by atoms with Crippen LogP contribution in [0.4, 0.5) is 0 Å². The number of fused-ring (bicyclic) bond motifs is 3. The van der Waals surface area contributed by atoms with Gasteiger partial charge in [0.05, 0.1) is 22.4 Å². The van der Waals surface area contributed by atoms with Crippen molar-refractivity contribution in [2.45, 2.75) is 12.8 Å². The zero-order chi connectivity index (χ0) is 36.6. The molecule has 3 nitrogen and oxygen atoms in total. The zero-order valence-electron chi connectivity index (χ0n) is 30.3. The minimum Gasteiger partial charge on any atom is -0.309 e. The normalized spacial score (nSPS) is 12.6. The lowest BCUT2D eigenvalue weighted by atomic mass is 9.78. The predicted molar refractivity (Wildman–Crippen MR) is 230 cm³/mol. The van der Waals surface area contributed by atoms with E-state index in [1.165, 1.54) is 60.8 Å². The van der Waals surface area contributed by atoms with Crippen LogP contribution in [0.5, 0.6) is 0 Å². The molecule has 0 spiro atoms. The molecule has 9 aromatic rings. The lowest BCUT2D eigenvalue weighted by molar-refractivity contribution is 1.05. The van der Waals surface area contributed by atoms with E-state index in [1.807, 2.05) is 24.5 Å². The Morgan fingerprint density at radius 2 is 1.07 bits per heavy atom. The smallest absolute Gasteiger partial charge is 0.0710 e. The molecule has 0 fully saturated rings. The number of para-hydroxylation sites is 1. The molecular formula is C52H37N3. The van der Waals surface area contributed by atoms with Crippen LogP contribution in [-0.4, -0.2) is 14.5 Å². The van der Waals surface area contributed by atoms with Gasteiger partial charge in [-0.3, -0.25) is 4.98 Å². The molecule has 1 aliphatic rings. The molecule has 0 N–H and O–H groups in total. The summed E-state index contributed by atoms with van der Waals surface area (Å²) in [4.78, 5) is 9.44. The van der Waals surface area contributed by atoms with Crippen molar-refractivity contribution in [3.63, 3.8) is 0 Å². The quantitative estimate of drug-likeness (QED) is 0.165. The first-order valence-corrected chi connectivity index (χ1v) is 19.0. The summed E-state index contributed by atoms with van der Waals surface area (Å²) >= 11 is 0. The molecule has 0 aliphatic heterocycles. The van der Waals surface area contributed by atoms with Gasteiger partial charge in [-0.25, -0.2) is 4.98 Å². The van der Waals surface area contributed by atoms with Gasteiger partial charge in [0.2, 0.25) is 0 Å². The molecule has 3 heterocycles. The van der Waals surface area contributed by atoms with Crippen molar-refractivity contribution in [3.05, 3.63) is 206 Å². The van der Waals surface area contributed by atoms with Crippen molar-refractivity contribution in [1.29, 1.82) is 0 Å². The number of allylic oxidation sites excluding steroid dienone is 4. The molecule has 3 aromatic heterocycles. The molecular weight excluding hydrogens is 667 g/mol. The topological polar surface area (TPSA) is 30.7 Å². The number of hydrogen-bond donors (Lipinski definition) is 0. The predicted octanol–water partition coefficient (Wildman–Crippen LogP) is 13.6. The maximum absolute atomic E-state index is 5.20. The van der Waals surface area contributed by atoms with Gasteiger partial charge in [0, 0.05) is 45.5 Å². The third-order valence-electron chi connectivity index (χ3n) is 10.8. The Hall–Kier alpha value is -7.10. The number of rotatable bonds is 7. The van der Waals surface area contributed by atoms with E-state index in [2.05, 4.69) is 186 Å². The van der Waals surface area contributed by atoms with E-state index < -0.39 is 0 Å². The van der Waals surface area contributed by atoms with Crippen LogP contribution in [0.2, 0.25) is 0 Å². The fourth-order valence-electron chi connectivity index (χ4n) is 8.36. The molecule has 0 atom stereocenters. The minimum atomic E-state index is 0.926. The highest BCUT2D eigenvalue weighted by Crippen LogP contribution is 2.53. The van der Waals surface area contributed by atoms with Crippen LogP contribution >= 0.6 is 0 Å². The monoisotopic (exact) mass is 703 g/mol. The Bertz CT molecular complexity index is 2870. The Kier molecular flexibility index (Phi) is 8.31. The number of pyridine rings is 2. The van der Waals surface area contributed by atoms with Gasteiger partial charge in [0.1, 0.15) is 0 Å². The van der Waals surface area contributed by atoms with Crippen molar-refractivity contribution in [1.82, 2.24) is 14.5 Å². The van der Waals surface area contributed by atoms with Gasteiger partial charge in [-0.15, -0.1) is 0 Å². The fraction of sp³-hybridized carbons (Fsp3) is 0.0385. The van der Waals surface area contributed by atoms with Gasteiger partial charge < -0.3 is 4.57 Å². The van der Waals surface area contributed by atoms with E-state index >= 15 is 0 Å². The summed E-state index contributed by atoms with van der Waals surface area (Å²) in [5, 5.41) is 2.43. The largest absolute Gasteiger partial charge is 0.309 e. The molecule has 0 radical (unpaired) electrons. The number of aromatic nitrogens is 3. The van der Waals surface area contributed by atoms with Crippen LogP contribution < -0.4 is 0 Å². The summed E-state index contributed by atoms with van der Waals surface area (Å²) in [7, 11) is 0. The Labute approximate surface area is 321 Å². The number of benzene rings is 6. The van der Waals surface area contributed by atoms with Gasteiger partial charge in [-0.1, -0.05) is 140 Å². The first kappa shape index (κ1) is 32.5.